The van der Waals surface area contributed by atoms with Gasteiger partial charge in [0.05, 0.1) is 0 Å². The fourth-order valence-electron chi connectivity index (χ4n) is 3.95. The number of imide groups is 1. The van der Waals surface area contributed by atoms with Crippen molar-refractivity contribution in [3.05, 3.63) is 29.8 Å². The third-order valence-electron chi connectivity index (χ3n) is 5.57. The van der Waals surface area contributed by atoms with Gasteiger partial charge in [-0.05, 0) is 43.4 Å². The van der Waals surface area contributed by atoms with Crippen LogP contribution < -0.4 is 10.6 Å². The zero-order valence-corrected chi connectivity index (χ0v) is 16.1. The molecule has 146 valence electrons. The minimum absolute atomic E-state index is 0.104. The standard InChI is InChI=1S/C21H29N3O3/c1-2-3-7-16-8-10-17(11-9-16)22-18(25)12-15-24-19(26)21(23-20(24)27)13-5-4-6-14-21/h8-11H,2-7,12-15H2,1H3,(H,22,25)(H,23,27). The molecule has 1 aliphatic heterocycles. The van der Waals surface area contributed by atoms with Gasteiger partial charge >= 0.3 is 6.03 Å². The third-order valence-corrected chi connectivity index (χ3v) is 5.57. The molecular formula is C21H29N3O3. The highest BCUT2D eigenvalue weighted by Crippen LogP contribution is 2.33. The number of anilines is 1. The van der Waals surface area contributed by atoms with Crippen molar-refractivity contribution in [2.24, 2.45) is 0 Å². The van der Waals surface area contributed by atoms with Crippen LogP contribution in [0.1, 0.15) is 63.9 Å². The van der Waals surface area contributed by atoms with Crippen molar-refractivity contribution >= 4 is 23.5 Å². The molecule has 1 heterocycles. The first kappa shape index (κ1) is 19.4. The lowest BCUT2D eigenvalue weighted by atomic mass is 9.82. The van der Waals surface area contributed by atoms with Gasteiger partial charge in [-0.25, -0.2) is 4.79 Å². The lowest BCUT2D eigenvalue weighted by Gasteiger charge is -2.30. The fourth-order valence-corrected chi connectivity index (χ4v) is 3.95. The van der Waals surface area contributed by atoms with Crippen LogP contribution in [-0.4, -0.2) is 34.8 Å². The molecule has 0 aromatic heterocycles. The van der Waals surface area contributed by atoms with Crippen LogP contribution >= 0.6 is 0 Å². The number of benzene rings is 1. The summed E-state index contributed by atoms with van der Waals surface area (Å²) in [4.78, 5) is 38.3. The van der Waals surface area contributed by atoms with E-state index in [0.29, 0.717) is 12.8 Å². The van der Waals surface area contributed by atoms with E-state index in [0.717, 1.165) is 44.2 Å². The Bertz CT molecular complexity index is 693. The zero-order chi connectivity index (χ0) is 19.3. The van der Waals surface area contributed by atoms with Gasteiger partial charge in [0.15, 0.2) is 0 Å². The molecule has 1 saturated carbocycles. The van der Waals surface area contributed by atoms with E-state index in [1.807, 2.05) is 24.3 Å². The Labute approximate surface area is 160 Å². The molecule has 0 radical (unpaired) electrons. The first-order chi connectivity index (χ1) is 13.0. The summed E-state index contributed by atoms with van der Waals surface area (Å²) in [5.41, 5.74) is 1.27. The lowest BCUT2D eigenvalue weighted by molar-refractivity contribution is -0.132. The van der Waals surface area contributed by atoms with Gasteiger partial charge in [-0.2, -0.15) is 0 Å². The highest BCUT2D eigenvalue weighted by molar-refractivity contribution is 6.07. The minimum atomic E-state index is -0.722. The Kier molecular flexibility index (Phi) is 6.14. The summed E-state index contributed by atoms with van der Waals surface area (Å²) < 4.78 is 0. The van der Waals surface area contributed by atoms with Crippen LogP contribution in [0.4, 0.5) is 10.5 Å². The third kappa shape index (κ3) is 4.49. The summed E-state index contributed by atoms with van der Waals surface area (Å²) in [6, 6.07) is 7.47. The highest BCUT2D eigenvalue weighted by atomic mass is 16.2. The normalized spacial score (nSPS) is 18.6. The predicted octanol–water partition coefficient (Wildman–Crippen LogP) is 3.61. The Balaban J connectivity index is 1.50. The summed E-state index contributed by atoms with van der Waals surface area (Å²) in [6.45, 7) is 2.28. The second-order valence-corrected chi connectivity index (χ2v) is 7.63. The number of carbonyl (C=O) groups excluding carboxylic acids is 3. The van der Waals surface area contributed by atoms with Gasteiger partial charge < -0.3 is 10.6 Å². The maximum absolute atomic E-state index is 12.7. The molecule has 4 amide bonds. The molecule has 1 saturated heterocycles. The van der Waals surface area contributed by atoms with E-state index in [2.05, 4.69) is 17.6 Å². The van der Waals surface area contributed by atoms with Crippen molar-refractivity contribution in [2.45, 2.75) is 70.3 Å². The van der Waals surface area contributed by atoms with Crippen LogP contribution in [0.15, 0.2) is 24.3 Å². The van der Waals surface area contributed by atoms with Crippen LogP contribution in [-0.2, 0) is 16.0 Å². The van der Waals surface area contributed by atoms with Gasteiger partial charge in [-0.3, -0.25) is 14.5 Å². The molecule has 0 atom stereocenters. The molecule has 2 aliphatic rings. The topological polar surface area (TPSA) is 78.5 Å². The Morgan fingerprint density at radius 2 is 1.85 bits per heavy atom. The van der Waals surface area contributed by atoms with E-state index in [9.17, 15) is 14.4 Å². The number of aryl methyl sites for hydroxylation is 1. The number of rotatable bonds is 7. The fraction of sp³-hybridized carbons (Fsp3) is 0.571. The molecule has 0 bridgehead atoms. The molecule has 3 rings (SSSR count). The van der Waals surface area contributed by atoms with E-state index in [1.54, 1.807) is 0 Å². The van der Waals surface area contributed by atoms with E-state index >= 15 is 0 Å². The van der Waals surface area contributed by atoms with E-state index < -0.39 is 5.54 Å². The van der Waals surface area contributed by atoms with Crippen molar-refractivity contribution in [1.29, 1.82) is 0 Å². The minimum Gasteiger partial charge on any atom is -0.326 e. The molecule has 6 nitrogen and oxygen atoms in total. The molecule has 1 spiro atoms. The number of urea groups is 1. The van der Waals surface area contributed by atoms with Crippen LogP contribution in [0.25, 0.3) is 0 Å². The van der Waals surface area contributed by atoms with Crippen molar-refractivity contribution in [2.75, 3.05) is 11.9 Å². The van der Waals surface area contributed by atoms with E-state index in [1.165, 1.54) is 10.5 Å². The maximum atomic E-state index is 12.7. The predicted molar refractivity (Wildman–Crippen MR) is 104 cm³/mol. The average molecular weight is 371 g/mol. The van der Waals surface area contributed by atoms with Gasteiger partial charge in [-0.15, -0.1) is 0 Å². The molecule has 27 heavy (non-hydrogen) atoms. The molecule has 1 aromatic rings. The lowest BCUT2D eigenvalue weighted by Crippen LogP contribution is -2.48. The first-order valence-corrected chi connectivity index (χ1v) is 10.1. The van der Waals surface area contributed by atoms with E-state index in [4.69, 9.17) is 0 Å². The van der Waals surface area contributed by atoms with Gasteiger partial charge in [-0.1, -0.05) is 44.7 Å². The molecule has 2 fully saturated rings. The molecule has 1 aliphatic carbocycles. The zero-order valence-electron chi connectivity index (χ0n) is 16.1. The van der Waals surface area contributed by atoms with Gasteiger partial charge in [0.1, 0.15) is 5.54 Å². The van der Waals surface area contributed by atoms with Gasteiger partial charge in [0.2, 0.25) is 5.91 Å². The van der Waals surface area contributed by atoms with Crippen LogP contribution in [0.3, 0.4) is 0 Å². The van der Waals surface area contributed by atoms with E-state index in [-0.39, 0.29) is 30.8 Å². The molecule has 0 unspecified atom stereocenters. The Morgan fingerprint density at radius 3 is 2.52 bits per heavy atom. The quantitative estimate of drug-likeness (QED) is 0.719. The molecule has 6 heteroatoms. The summed E-state index contributed by atoms with van der Waals surface area (Å²) in [7, 11) is 0. The second-order valence-electron chi connectivity index (χ2n) is 7.63. The van der Waals surface area contributed by atoms with Crippen LogP contribution in [0.5, 0.6) is 0 Å². The van der Waals surface area contributed by atoms with Crippen molar-refractivity contribution in [1.82, 2.24) is 10.2 Å². The number of hydrogen-bond acceptors (Lipinski definition) is 3. The highest BCUT2D eigenvalue weighted by Gasteiger charge is 2.50. The smallest absolute Gasteiger partial charge is 0.325 e. The summed E-state index contributed by atoms with van der Waals surface area (Å²) >= 11 is 0. The summed E-state index contributed by atoms with van der Waals surface area (Å²) in [5.74, 6) is -0.359. The molecular weight excluding hydrogens is 342 g/mol. The SMILES string of the molecule is CCCCc1ccc(NC(=O)CCN2C(=O)NC3(CCCCC3)C2=O)cc1. The number of nitrogens with zero attached hydrogens (tertiary/aromatic N) is 1. The summed E-state index contributed by atoms with van der Waals surface area (Å²) in [6.07, 6.45) is 7.86. The van der Waals surface area contributed by atoms with Crippen LogP contribution in [0.2, 0.25) is 0 Å². The average Bonchev–Trinajstić information content (AvgIpc) is 2.89. The van der Waals surface area contributed by atoms with Crippen molar-refractivity contribution < 1.29 is 14.4 Å². The monoisotopic (exact) mass is 371 g/mol. The number of carbonyl (C=O) groups is 3. The number of nitrogens with one attached hydrogen (secondary N) is 2. The number of hydrogen-bond donors (Lipinski definition) is 2. The first-order valence-electron chi connectivity index (χ1n) is 10.1. The maximum Gasteiger partial charge on any atom is 0.325 e. The second kappa shape index (κ2) is 8.55. The number of amides is 4. The largest absolute Gasteiger partial charge is 0.326 e. The van der Waals surface area contributed by atoms with Gasteiger partial charge in [0, 0.05) is 18.7 Å². The Morgan fingerprint density at radius 1 is 1.15 bits per heavy atom. The number of unbranched alkanes of at least 4 members (excludes halogenated alkanes) is 1. The van der Waals surface area contributed by atoms with Gasteiger partial charge in [0.25, 0.3) is 5.91 Å². The molecule has 1 aromatic carbocycles. The van der Waals surface area contributed by atoms with Crippen molar-refractivity contribution in [3.8, 4) is 0 Å². The molecule has 2 N–H and O–H groups in total. The van der Waals surface area contributed by atoms with Crippen LogP contribution in [0, 0.1) is 0 Å². The summed E-state index contributed by atoms with van der Waals surface area (Å²) in [5, 5.41) is 5.71. The van der Waals surface area contributed by atoms with Crippen molar-refractivity contribution in [3.63, 3.8) is 0 Å². The Hall–Kier alpha value is -2.37.